The van der Waals surface area contributed by atoms with E-state index < -0.39 is 10.2 Å². The molecule has 0 spiro atoms. The lowest BCUT2D eigenvalue weighted by Crippen LogP contribution is -2.46. The van der Waals surface area contributed by atoms with Crippen LogP contribution in [-0.4, -0.2) is 46.1 Å². The number of anilines is 1. The third kappa shape index (κ3) is 7.92. The summed E-state index contributed by atoms with van der Waals surface area (Å²) in [6.07, 6.45) is 2.89. The third-order valence-electron chi connectivity index (χ3n) is 6.35. The van der Waals surface area contributed by atoms with Crippen molar-refractivity contribution in [1.82, 2.24) is 10.2 Å². The molecule has 2 aromatic carbocycles. The third-order valence-corrected chi connectivity index (χ3v) is 7.55. The predicted molar refractivity (Wildman–Crippen MR) is 150 cm³/mol. The zero-order valence-electron chi connectivity index (χ0n) is 22.9. The Morgan fingerprint density at radius 2 is 1.62 bits per heavy atom. The van der Waals surface area contributed by atoms with Crippen molar-refractivity contribution in [3.8, 4) is 0 Å². The lowest BCUT2D eigenvalue weighted by Gasteiger charge is -2.30. The molecule has 0 saturated carbocycles. The first-order valence-electron chi connectivity index (χ1n) is 12.6. The van der Waals surface area contributed by atoms with Gasteiger partial charge in [-0.05, 0) is 61.8 Å². The maximum absolute atomic E-state index is 13.2. The van der Waals surface area contributed by atoms with E-state index in [9.17, 15) is 19.2 Å². The molecule has 0 fully saturated rings. The number of hydrogen-bond donors (Lipinski definition) is 2. The lowest BCUT2D eigenvalue weighted by molar-refractivity contribution is -0.136. The maximum Gasteiger partial charge on any atom is 0.244 e. The van der Waals surface area contributed by atoms with E-state index >= 15 is 0 Å². The summed E-state index contributed by atoms with van der Waals surface area (Å²) in [6, 6.07) is 15.2. The van der Waals surface area contributed by atoms with E-state index in [0.717, 1.165) is 16.7 Å². The number of rotatable bonds is 8. The van der Waals surface area contributed by atoms with Crippen LogP contribution in [0.15, 0.2) is 48.5 Å². The fourth-order valence-corrected chi connectivity index (χ4v) is 4.56. The Morgan fingerprint density at radius 3 is 2.22 bits per heavy atom. The summed E-state index contributed by atoms with van der Waals surface area (Å²) in [5.74, 6) is -1.07. The summed E-state index contributed by atoms with van der Waals surface area (Å²) in [5, 5.41) is 5.30. The smallest absolute Gasteiger partial charge is 0.244 e. The summed E-state index contributed by atoms with van der Waals surface area (Å²) in [4.78, 5) is 51.6. The Kier molecular flexibility index (Phi) is 10.5. The summed E-state index contributed by atoms with van der Waals surface area (Å²) in [7, 11) is 0. The summed E-state index contributed by atoms with van der Waals surface area (Å²) >= 11 is 1.45. The van der Waals surface area contributed by atoms with E-state index in [4.69, 9.17) is 0 Å². The number of fused-ring (bicyclic) bond motifs is 1. The van der Waals surface area contributed by atoms with Gasteiger partial charge in [-0.2, -0.15) is 0 Å². The average Bonchev–Trinajstić information content (AvgIpc) is 3.21. The second-order valence-electron chi connectivity index (χ2n) is 9.82. The quantitative estimate of drug-likeness (QED) is 0.526. The molecule has 7 nitrogen and oxygen atoms in total. The van der Waals surface area contributed by atoms with Gasteiger partial charge >= 0.3 is 0 Å². The highest BCUT2D eigenvalue weighted by molar-refractivity contribution is 8.00. The molecule has 3 rings (SSSR count). The molecule has 0 saturated heterocycles. The first-order valence-corrected chi connectivity index (χ1v) is 13.8. The van der Waals surface area contributed by atoms with Crippen LogP contribution in [0.4, 0.5) is 5.69 Å². The number of thioether (sulfide) groups is 1. The Morgan fingerprint density at radius 1 is 1.00 bits per heavy atom. The maximum atomic E-state index is 13.2. The number of carbonyl (C=O) groups is 4. The number of amides is 4. The predicted octanol–water partition coefficient (Wildman–Crippen LogP) is 4.59. The van der Waals surface area contributed by atoms with Crippen molar-refractivity contribution in [3.63, 3.8) is 0 Å². The Labute approximate surface area is 224 Å². The van der Waals surface area contributed by atoms with Crippen LogP contribution in [0.5, 0.6) is 0 Å². The van der Waals surface area contributed by atoms with Gasteiger partial charge in [-0.25, -0.2) is 0 Å². The van der Waals surface area contributed by atoms with E-state index in [1.54, 1.807) is 11.0 Å². The van der Waals surface area contributed by atoms with Gasteiger partial charge in [0.15, 0.2) is 0 Å². The average molecular weight is 526 g/mol. The molecule has 0 bridgehead atoms. The topological polar surface area (TPSA) is 95.6 Å². The fraction of sp³-hybridized carbons (Fsp3) is 0.448. The molecule has 2 aromatic rings. The van der Waals surface area contributed by atoms with Crippen LogP contribution in [0.25, 0.3) is 0 Å². The van der Waals surface area contributed by atoms with Gasteiger partial charge in [0, 0.05) is 19.2 Å². The number of nitrogens with one attached hydrogen (secondary N) is 2. The van der Waals surface area contributed by atoms with E-state index in [1.165, 1.54) is 18.7 Å². The molecule has 0 radical (unpaired) electrons. The number of carbonyl (C=O) groups excluding carboxylic acids is 4. The number of imide groups is 1. The second kappa shape index (κ2) is 12.9. The summed E-state index contributed by atoms with van der Waals surface area (Å²) < 4.78 is -0.659. The van der Waals surface area contributed by atoms with Crippen LogP contribution in [0.3, 0.4) is 0 Å². The van der Waals surface area contributed by atoms with Gasteiger partial charge in [0.2, 0.25) is 23.6 Å². The molecule has 200 valence electrons. The van der Waals surface area contributed by atoms with Crippen LogP contribution >= 0.6 is 11.8 Å². The van der Waals surface area contributed by atoms with Gasteiger partial charge in [-0.15, -0.1) is 11.8 Å². The standard InChI is InChI=1S/C27H33N3O4S.C2H6/c1-18(31)28-24(33)27(4)14-20-11-12-22(13-21(20)15-27)29-23(32)17-30(25(34)26(2,3)35-5)16-19-9-7-6-8-10-19;1-2/h6-13H,14-17H2,1-5H3,(H,29,32)(H,28,31,33);1-2H3. The summed E-state index contributed by atoms with van der Waals surface area (Å²) in [6.45, 7) is 11.1. The van der Waals surface area contributed by atoms with Crippen LogP contribution in [0, 0.1) is 5.41 Å². The van der Waals surface area contributed by atoms with Crippen LogP contribution < -0.4 is 10.6 Å². The molecular formula is C29H39N3O4S. The van der Waals surface area contributed by atoms with Crippen LogP contribution in [0.1, 0.15) is 58.2 Å². The van der Waals surface area contributed by atoms with Gasteiger partial charge in [-0.3, -0.25) is 24.5 Å². The summed E-state index contributed by atoms with van der Waals surface area (Å²) in [5.41, 5.74) is 2.84. The molecule has 0 aliphatic heterocycles. The van der Waals surface area contributed by atoms with Crippen molar-refractivity contribution in [2.75, 3.05) is 18.1 Å². The van der Waals surface area contributed by atoms with Gasteiger partial charge in [0.05, 0.1) is 10.2 Å². The van der Waals surface area contributed by atoms with Crippen molar-refractivity contribution in [1.29, 1.82) is 0 Å². The molecule has 8 heteroatoms. The Bertz CT molecular complexity index is 1130. The van der Waals surface area contributed by atoms with E-state index in [0.29, 0.717) is 25.1 Å². The van der Waals surface area contributed by atoms with Gasteiger partial charge < -0.3 is 10.2 Å². The molecule has 2 N–H and O–H groups in total. The normalized spacial score (nSPS) is 16.1. The minimum absolute atomic E-state index is 0.0759. The Balaban J connectivity index is 0.00000235. The van der Waals surface area contributed by atoms with Gasteiger partial charge in [-0.1, -0.05) is 57.2 Å². The van der Waals surface area contributed by atoms with Crippen LogP contribution in [-0.2, 0) is 38.6 Å². The van der Waals surface area contributed by atoms with Crippen molar-refractivity contribution >= 4 is 41.1 Å². The van der Waals surface area contributed by atoms with Crippen molar-refractivity contribution in [3.05, 3.63) is 65.2 Å². The van der Waals surface area contributed by atoms with Gasteiger partial charge in [0.25, 0.3) is 0 Å². The zero-order valence-corrected chi connectivity index (χ0v) is 23.8. The molecule has 0 heterocycles. The lowest BCUT2D eigenvalue weighted by atomic mass is 9.86. The minimum Gasteiger partial charge on any atom is -0.328 e. The molecule has 0 aromatic heterocycles. The van der Waals surface area contributed by atoms with Gasteiger partial charge in [0.1, 0.15) is 6.54 Å². The number of nitrogens with zero attached hydrogens (tertiary/aromatic N) is 1. The number of hydrogen-bond acceptors (Lipinski definition) is 5. The van der Waals surface area contributed by atoms with Crippen molar-refractivity contribution in [2.24, 2.45) is 5.41 Å². The molecule has 1 atom stereocenters. The van der Waals surface area contributed by atoms with E-state index in [2.05, 4.69) is 10.6 Å². The van der Waals surface area contributed by atoms with Crippen LogP contribution in [0.2, 0.25) is 0 Å². The van der Waals surface area contributed by atoms with E-state index in [-0.39, 0.29) is 30.2 Å². The molecule has 1 aliphatic rings. The molecule has 1 aliphatic carbocycles. The SMILES string of the molecule is CC.CSC(C)(C)C(=O)N(CC(=O)Nc1ccc2c(c1)CC(C)(C(=O)NC(C)=O)C2)Cc1ccccc1. The first kappa shape index (κ1) is 30.1. The highest BCUT2D eigenvalue weighted by atomic mass is 32.2. The highest BCUT2D eigenvalue weighted by Crippen LogP contribution is 2.38. The molecule has 37 heavy (non-hydrogen) atoms. The number of benzene rings is 2. The zero-order chi connectivity index (χ0) is 27.8. The largest absolute Gasteiger partial charge is 0.328 e. The van der Waals surface area contributed by atoms with E-state index in [1.807, 2.05) is 83.3 Å². The molecular weight excluding hydrogens is 486 g/mol. The fourth-order valence-electron chi connectivity index (χ4n) is 4.26. The Hall–Kier alpha value is -3.13. The van der Waals surface area contributed by atoms with Crippen molar-refractivity contribution in [2.45, 2.75) is 65.7 Å². The first-order chi connectivity index (χ1) is 17.4. The molecule has 4 amide bonds. The monoisotopic (exact) mass is 525 g/mol. The second-order valence-corrected chi connectivity index (χ2v) is 11.2. The minimum atomic E-state index is -0.709. The molecule has 1 unspecified atom stereocenters. The van der Waals surface area contributed by atoms with Crippen molar-refractivity contribution < 1.29 is 19.2 Å². The highest BCUT2D eigenvalue weighted by Gasteiger charge is 2.40.